The number of fused-ring (bicyclic) bond motifs is 2. The summed E-state index contributed by atoms with van der Waals surface area (Å²) in [4.78, 5) is 24.6. The summed E-state index contributed by atoms with van der Waals surface area (Å²) in [6.07, 6.45) is 0. The third-order valence-electron chi connectivity index (χ3n) is 3.10. The minimum absolute atomic E-state index is 0.107. The highest BCUT2D eigenvalue weighted by Gasteiger charge is 2.33. The van der Waals surface area contributed by atoms with Crippen molar-refractivity contribution in [2.75, 3.05) is 0 Å². The summed E-state index contributed by atoms with van der Waals surface area (Å²) >= 11 is 3.24. The highest BCUT2D eigenvalue weighted by Crippen LogP contribution is 2.38. The monoisotopic (exact) mass is 318 g/mol. The number of benzene rings is 2. The molecule has 0 atom stereocenters. The van der Waals surface area contributed by atoms with Gasteiger partial charge in [-0.05, 0) is 30.3 Å². The fourth-order valence-corrected chi connectivity index (χ4v) is 2.54. The van der Waals surface area contributed by atoms with Crippen LogP contribution in [-0.4, -0.2) is 21.8 Å². The van der Waals surface area contributed by atoms with Crippen LogP contribution in [0.15, 0.2) is 34.8 Å². The maximum Gasteiger partial charge on any atom is 0.198 e. The van der Waals surface area contributed by atoms with E-state index in [0.717, 1.165) is 0 Å². The van der Waals surface area contributed by atoms with Gasteiger partial charge in [0, 0.05) is 21.2 Å². The Kier molecular flexibility index (Phi) is 2.46. The zero-order valence-corrected chi connectivity index (χ0v) is 11.1. The van der Waals surface area contributed by atoms with Gasteiger partial charge in [0.15, 0.2) is 23.1 Å². The maximum atomic E-state index is 12.3. The second kappa shape index (κ2) is 3.93. The molecule has 0 bridgehead atoms. The van der Waals surface area contributed by atoms with E-state index in [1.807, 2.05) is 0 Å². The summed E-state index contributed by atoms with van der Waals surface area (Å²) in [5.74, 6) is -1.79. The average Bonchev–Trinajstić information content (AvgIpc) is 2.39. The molecule has 0 amide bonds. The molecule has 0 heterocycles. The number of rotatable bonds is 0. The number of phenols is 2. The van der Waals surface area contributed by atoms with Gasteiger partial charge in [0.1, 0.15) is 0 Å². The first kappa shape index (κ1) is 11.9. The summed E-state index contributed by atoms with van der Waals surface area (Å²) in [5, 5.41) is 19.3. The van der Waals surface area contributed by atoms with Crippen LogP contribution in [0.5, 0.6) is 11.5 Å². The van der Waals surface area contributed by atoms with E-state index >= 15 is 0 Å². The lowest BCUT2D eigenvalue weighted by Gasteiger charge is -2.18. The van der Waals surface area contributed by atoms with Gasteiger partial charge in [0.2, 0.25) is 0 Å². The Hall–Kier alpha value is -2.14. The van der Waals surface area contributed by atoms with Crippen LogP contribution in [0.2, 0.25) is 0 Å². The number of carbonyl (C=O) groups excluding carboxylic acids is 2. The van der Waals surface area contributed by atoms with Crippen LogP contribution >= 0.6 is 15.9 Å². The Morgan fingerprint density at radius 3 is 2.26 bits per heavy atom. The third-order valence-corrected chi connectivity index (χ3v) is 3.59. The molecule has 2 aromatic carbocycles. The van der Waals surface area contributed by atoms with Crippen LogP contribution in [0.1, 0.15) is 31.8 Å². The number of ketones is 2. The van der Waals surface area contributed by atoms with Gasteiger partial charge in [-0.15, -0.1) is 0 Å². The van der Waals surface area contributed by atoms with E-state index in [0.29, 0.717) is 10.0 Å². The molecule has 0 saturated carbocycles. The lowest BCUT2D eigenvalue weighted by molar-refractivity contribution is 0.0976. The van der Waals surface area contributed by atoms with Crippen molar-refractivity contribution < 1.29 is 19.8 Å². The zero-order valence-electron chi connectivity index (χ0n) is 9.48. The molecule has 2 N–H and O–H groups in total. The maximum absolute atomic E-state index is 12.3. The van der Waals surface area contributed by atoms with Crippen molar-refractivity contribution >= 4 is 27.5 Å². The first-order chi connectivity index (χ1) is 9.00. The van der Waals surface area contributed by atoms with Crippen LogP contribution < -0.4 is 0 Å². The molecule has 0 aliphatic heterocycles. The number of phenolic OH excluding ortho intramolecular Hbond substituents is 2. The van der Waals surface area contributed by atoms with Gasteiger partial charge in [-0.2, -0.15) is 0 Å². The smallest absolute Gasteiger partial charge is 0.198 e. The van der Waals surface area contributed by atoms with E-state index in [1.54, 1.807) is 12.1 Å². The van der Waals surface area contributed by atoms with Crippen molar-refractivity contribution in [3.8, 4) is 11.5 Å². The van der Waals surface area contributed by atoms with E-state index in [9.17, 15) is 19.8 Å². The Morgan fingerprint density at radius 2 is 1.53 bits per heavy atom. The van der Waals surface area contributed by atoms with Gasteiger partial charge in [0.05, 0.1) is 5.56 Å². The predicted octanol–water partition coefficient (Wildman–Crippen LogP) is 2.64. The number of aromatic hydroxyl groups is 2. The molecule has 0 spiro atoms. The highest BCUT2D eigenvalue weighted by atomic mass is 79.9. The van der Waals surface area contributed by atoms with Crippen molar-refractivity contribution in [2.24, 2.45) is 0 Å². The first-order valence-electron chi connectivity index (χ1n) is 5.44. The highest BCUT2D eigenvalue weighted by molar-refractivity contribution is 9.10. The summed E-state index contributed by atoms with van der Waals surface area (Å²) in [5.41, 5.74) is 0.476. The molecule has 4 nitrogen and oxygen atoms in total. The summed E-state index contributed by atoms with van der Waals surface area (Å²) in [6.45, 7) is 0. The Labute approximate surface area is 116 Å². The molecule has 2 aromatic rings. The lowest BCUT2D eigenvalue weighted by Crippen LogP contribution is -2.20. The van der Waals surface area contributed by atoms with Gasteiger partial charge < -0.3 is 10.2 Å². The van der Waals surface area contributed by atoms with Crippen LogP contribution in [0.4, 0.5) is 0 Å². The van der Waals surface area contributed by atoms with Crippen LogP contribution in [-0.2, 0) is 0 Å². The fourth-order valence-electron chi connectivity index (χ4n) is 2.18. The SMILES string of the molecule is O=C1c2ccc(Br)cc2C(=O)c2c1ccc(O)c2O. The van der Waals surface area contributed by atoms with E-state index in [1.165, 1.54) is 18.2 Å². The predicted molar refractivity (Wildman–Crippen MR) is 70.8 cm³/mol. The minimum atomic E-state index is -0.554. The van der Waals surface area contributed by atoms with Crippen molar-refractivity contribution in [3.05, 3.63) is 57.1 Å². The van der Waals surface area contributed by atoms with Gasteiger partial charge in [-0.3, -0.25) is 9.59 Å². The van der Waals surface area contributed by atoms with E-state index in [-0.39, 0.29) is 22.5 Å². The Morgan fingerprint density at radius 1 is 0.842 bits per heavy atom. The van der Waals surface area contributed by atoms with Crippen LogP contribution in [0, 0.1) is 0 Å². The molecule has 3 rings (SSSR count). The Balaban J connectivity index is 2.36. The molecule has 0 unspecified atom stereocenters. The molecule has 94 valence electrons. The van der Waals surface area contributed by atoms with E-state index in [4.69, 9.17) is 0 Å². The first-order valence-corrected chi connectivity index (χ1v) is 6.24. The number of halogens is 1. The molecule has 0 fully saturated rings. The molecule has 1 aliphatic rings. The molecule has 5 heteroatoms. The van der Waals surface area contributed by atoms with Crippen molar-refractivity contribution in [2.45, 2.75) is 0 Å². The van der Waals surface area contributed by atoms with Crippen molar-refractivity contribution in [1.82, 2.24) is 0 Å². The second-order valence-electron chi connectivity index (χ2n) is 4.20. The molecular formula is C14H7BrO4. The molecule has 0 aromatic heterocycles. The minimum Gasteiger partial charge on any atom is -0.504 e. The number of carbonyl (C=O) groups is 2. The number of hydrogen-bond donors (Lipinski definition) is 2. The standard InChI is InChI=1S/C14H7BrO4/c15-6-1-2-7-9(5-6)13(18)11-8(12(7)17)3-4-10(16)14(11)19/h1-5,16,19H. The van der Waals surface area contributed by atoms with Gasteiger partial charge >= 0.3 is 0 Å². The quantitative estimate of drug-likeness (QED) is 0.625. The van der Waals surface area contributed by atoms with Crippen LogP contribution in [0.25, 0.3) is 0 Å². The Bertz CT molecular complexity index is 749. The normalized spacial score (nSPS) is 13.1. The van der Waals surface area contributed by atoms with Crippen LogP contribution in [0.3, 0.4) is 0 Å². The molecule has 1 aliphatic carbocycles. The number of hydrogen-bond acceptors (Lipinski definition) is 4. The van der Waals surface area contributed by atoms with E-state index in [2.05, 4.69) is 15.9 Å². The summed E-state index contributed by atoms with van der Waals surface area (Å²) in [6, 6.07) is 7.31. The molecule has 0 saturated heterocycles. The van der Waals surface area contributed by atoms with Gasteiger partial charge in [-0.25, -0.2) is 0 Å². The van der Waals surface area contributed by atoms with E-state index < -0.39 is 17.3 Å². The largest absolute Gasteiger partial charge is 0.504 e. The lowest BCUT2D eigenvalue weighted by atomic mass is 9.83. The second-order valence-corrected chi connectivity index (χ2v) is 5.12. The summed E-state index contributed by atoms with van der Waals surface area (Å²) < 4.78 is 0.662. The molecule has 0 radical (unpaired) electrons. The van der Waals surface area contributed by atoms with Crippen molar-refractivity contribution in [3.63, 3.8) is 0 Å². The topological polar surface area (TPSA) is 74.6 Å². The van der Waals surface area contributed by atoms with Gasteiger partial charge in [0.25, 0.3) is 0 Å². The molecule has 19 heavy (non-hydrogen) atoms. The summed E-state index contributed by atoms with van der Waals surface area (Å²) in [7, 11) is 0. The molecular weight excluding hydrogens is 312 g/mol. The fraction of sp³-hybridized carbons (Fsp3) is 0. The van der Waals surface area contributed by atoms with Gasteiger partial charge in [-0.1, -0.05) is 15.9 Å². The third kappa shape index (κ3) is 1.58. The van der Waals surface area contributed by atoms with Crippen molar-refractivity contribution in [1.29, 1.82) is 0 Å². The average molecular weight is 319 g/mol. The zero-order chi connectivity index (χ0) is 13.7.